The molecule has 2 aromatic carbocycles. The standard InChI is InChI=1S/C21H19N3/c1-3-7-17(8-4-1)20-11-12-21(18-13-15-22-16-14-18)24(23-20)19-9-5-2-6-10-19/h1-10,13-16,21H,11-12H2. The van der Waals surface area contributed by atoms with Gasteiger partial charge in [0.2, 0.25) is 0 Å². The maximum atomic E-state index is 5.01. The average molecular weight is 313 g/mol. The minimum Gasteiger partial charge on any atom is -0.265 e. The number of rotatable bonds is 3. The molecule has 0 N–H and O–H groups in total. The van der Waals surface area contributed by atoms with E-state index >= 15 is 0 Å². The largest absolute Gasteiger partial charge is 0.265 e. The minimum atomic E-state index is 0.239. The van der Waals surface area contributed by atoms with Crippen LogP contribution in [0.5, 0.6) is 0 Å². The lowest BCUT2D eigenvalue weighted by molar-refractivity contribution is 0.577. The van der Waals surface area contributed by atoms with Gasteiger partial charge in [-0.2, -0.15) is 5.10 Å². The number of aromatic nitrogens is 1. The van der Waals surface area contributed by atoms with Crippen molar-refractivity contribution >= 4 is 11.4 Å². The quantitative estimate of drug-likeness (QED) is 0.693. The molecule has 1 aliphatic heterocycles. The number of benzene rings is 2. The van der Waals surface area contributed by atoms with Crippen molar-refractivity contribution in [1.29, 1.82) is 0 Å². The van der Waals surface area contributed by atoms with Crippen LogP contribution in [0.4, 0.5) is 5.69 Å². The van der Waals surface area contributed by atoms with E-state index in [0.717, 1.165) is 24.2 Å². The van der Waals surface area contributed by atoms with Gasteiger partial charge in [-0.1, -0.05) is 48.5 Å². The van der Waals surface area contributed by atoms with Crippen LogP contribution in [-0.2, 0) is 0 Å². The maximum Gasteiger partial charge on any atom is 0.0780 e. The van der Waals surface area contributed by atoms with Gasteiger partial charge in [-0.15, -0.1) is 0 Å². The van der Waals surface area contributed by atoms with E-state index in [1.54, 1.807) is 0 Å². The molecule has 4 rings (SSSR count). The topological polar surface area (TPSA) is 28.5 Å². The van der Waals surface area contributed by atoms with Gasteiger partial charge in [-0.25, -0.2) is 0 Å². The summed E-state index contributed by atoms with van der Waals surface area (Å²) in [5, 5.41) is 7.16. The highest BCUT2D eigenvalue weighted by atomic mass is 15.5. The van der Waals surface area contributed by atoms with Crippen LogP contribution in [0.3, 0.4) is 0 Å². The Bertz CT molecular complexity index is 813. The van der Waals surface area contributed by atoms with E-state index in [1.807, 2.05) is 24.5 Å². The van der Waals surface area contributed by atoms with Crippen molar-refractivity contribution in [3.05, 3.63) is 96.3 Å². The summed E-state index contributed by atoms with van der Waals surface area (Å²) in [6.45, 7) is 0. The van der Waals surface area contributed by atoms with Crippen LogP contribution in [0.1, 0.15) is 30.0 Å². The first kappa shape index (κ1) is 14.6. The molecule has 3 heteroatoms. The Balaban J connectivity index is 1.76. The predicted octanol–water partition coefficient (Wildman–Crippen LogP) is 4.83. The van der Waals surface area contributed by atoms with Crippen LogP contribution in [-0.4, -0.2) is 10.7 Å². The fourth-order valence-corrected chi connectivity index (χ4v) is 3.19. The van der Waals surface area contributed by atoms with Crippen molar-refractivity contribution in [1.82, 2.24) is 4.98 Å². The van der Waals surface area contributed by atoms with Gasteiger partial charge in [0, 0.05) is 12.4 Å². The van der Waals surface area contributed by atoms with E-state index in [2.05, 4.69) is 70.7 Å². The number of para-hydroxylation sites is 1. The van der Waals surface area contributed by atoms with Crippen molar-refractivity contribution in [3.8, 4) is 0 Å². The van der Waals surface area contributed by atoms with Crippen LogP contribution in [0.15, 0.2) is 90.3 Å². The van der Waals surface area contributed by atoms with Gasteiger partial charge < -0.3 is 0 Å². The third kappa shape index (κ3) is 2.93. The van der Waals surface area contributed by atoms with Crippen LogP contribution in [0, 0.1) is 0 Å². The monoisotopic (exact) mass is 313 g/mol. The number of hydrazone groups is 1. The van der Waals surface area contributed by atoms with E-state index in [1.165, 1.54) is 11.1 Å². The molecule has 1 unspecified atom stereocenters. The SMILES string of the molecule is c1ccc(C2=NN(c3ccccc3)C(c3ccncc3)CC2)cc1. The van der Waals surface area contributed by atoms with Crippen molar-refractivity contribution < 1.29 is 0 Å². The first-order chi connectivity index (χ1) is 11.9. The number of pyridine rings is 1. The Labute approximate surface area is 142 Å². The summed E-state index contributed by atoms with van der Waals surface area (Å²) in [5.41, 5.74) is 4.72. The fraction of sp³-hybridized carbons (Fsp3) is 0.143. The molecule has 0 bridgehead atoms. The molecule has 0 saturated heterocycles. The Morgan fingerprint density at radius 3 is 2.17 bits per heavy atom. The first-order valence-corrected chi connectivity index (χ1v) is 8.29. The number of hydrogen-bond donors (Lipinski definition) is 0. The van der Waals surface area contributed by atoms with Gasteiger partial charge in [0.15, 0.2) is 0 Å². The zero-order valence-corrected chi connectivity index (χ0v) is 13.4. The highest BCUT2D eigenvalue weighted by molar-refractivity contribution is 6.01. The third-order valence-electron chi connectivity index (χ3n) is 4.40. The number of hydrogen-bond acceptors (Lipinski definition) is 3. The van der Waals surface area contributed by atoms with Crippen LogP contribution in [0.2, 0.25) is 0 Å². The van der Waals surface area contributed by atoms with Crippen LogP contribution >= 0.6 is 0 Å². The van der Waals surface area contributed by atoms with Gasteiger partial charge in [-0.3, -0.25) is 9.99 Å². The summed E-state index contributed by atoms with van der Waals surface area (Å²) >= 11 is 0. The minimum absolute atomic E-state index is 0.239. The second-order valence-corrected chi connectivity index (χ2v) is 5.93. The molecule has 3 aromatic rings. The Kier molecular flexibility index (Phi) is 4.07. The normalized spacial score (nSPS) is 17.4. The van der Waals surface area contributed by atoms with Crippen molar-refractivity contribution in [2.45, 2.75) is 18.9 Å². The second kappa shape index (κ2) is 6.67. The summed E-state index contributed by atoms with van der Waals surface area (Å²) in [4.78, 5) is 4.15. The molecular weight excluding hydrogens is 294 g/mol. The van der Waals surface area contributed by atoms with Gasteiger partial charge in [-0.05, 0) is 48.2 Å². The molecule has 1 aliphatic rings. The summed E-state index contributed by atoms with van der Waals surface area (Å²) in [6, 6.07) is 25.3. The van der Waals surface area contributed by atoms with E-state index < -0.39 is 0 Å². The molecule has 24 heavy (non-hydrogen) atoms. The van der Waals surface area contributed by atoms with Crippen molar-refractivity contribution in [3.63, 3.8) is 0 Å². The molecule has 0 aliphatic carbocycles. The Morgan fingerprint density at radius 1 is 0.792 bits per heavy atom. The van der Waals surface area contributed by atoms with Gasteiger partial charge >= 0.3 is 0 Å². The lowest BCUT2D eigenvalue weighted by atomic mass is 9.96. The van der Waals surface area contributed by atoms with E-state index in [0.29, 0.717) is 0 Å². The van der Waals surface area contributed by atoms with Gasteiger partial charge in [0.05, 0.1) is 17.4 Å². The molecular formula is C21H19N3. The third-order valence-corrected chi connectivity index (χ3v) is 4.40. The second-order valence-electron chi connectivity index (χ2n) is 5.93. The summed E-state index contributed by atoms with van der Waals surface area (Å²) in [6.07, 6.45) is 5.72. The van der Waals surface area contributed by atoms with Crippen molar-refractivity contribution in [2.24, 2.45) is 5.10 Å². The zero-order valence-electron chi connectivity index (χ0n) is 13.4. The molecule has 3 nitrogen and oxygen atoms in total. The highest BCUT2D eigenvalue weighted by Crippen LogP contribution is 2.35. The van der Waals surface area contributed by atoms with Gasteiger partial charge in [0.25, 0.3) is 0 Å². The Morgan fingerprint density at radius 2 is 1.46 bits per heavy atom. The predicted molar refractivity (Wildman–Crippen MR) is 98.1 cm³/mol. The average Bonchev–Trinajstić information content (AvgIpc) is 2.69. The molecule has 0 radical (unpaired) electrons. The first-order valence-electron chi connectivity index (χ1n) is 8.29. The smallest absolute Gasteiger partial charge is 0.0780 e. The lowest BCUT2D eigenvalue weighted by Gasteiger charge is -2.34. The Hall–Kier alpha value is -2.94. The van der Waals surface area contributed by atoms with Crippen molar-refractivity contribution in [2.75, 3.05) is 5.01 Å². The molecule has 0 spiro atoms. The summed E-state index contributed by atoms with van der Waals surface area (Å²) in [7, 11) is 0. The molecule has 0 amide bonds. The van der Waals surface area contributed by atoms with Crippen LogP contribution < -0.4 is 5.01 Å². The number of nitrogens with zero attached hydrogens (tertiary/aromatic N) is 3. The summed E-state index contributed by atoms with van der Waals surface area (Å²) in [5.74, 6) is 0. The fourth-order valence-electron chi connectivity index (χ4n) is 3.19. The zero-order chi connectivity index (χ0) is 16.2. The maximum absolute atomic E-state index is 5.01. The molecule has 0 fully saturated rings. The molecule has 1 aromatic heterocycles. The van der Waals surface area contributed by atoms with E-state index in [4.69, 9.17) is 5.10 Å². The summed E-state index contributed by atoms with van der Waals surface area (Å²) < 4.78 is 0. The lowest BCUT2D eigenvalue weighted by Crippen LogP contribution is -2.30. The molecule has 2 heterocycles. The van der Waals surface area contributed by atoms with Gasteiger partial charge in [0.1, 0.15) is 0 Å². The van der Waals surface area contributed by atoms with E-state index in [-0.39, 0.29) is 6.04 Å². The molecule has 1 atom stereocenters. The van der Waals surface area contributed by atoms with E-state index in [9.17, 15) is 0 Å². The number of anilines is 1. The highest BCUT2D eigenvalue weighted by Gasteiger charge is 2.26. The van der Waals surface area contributed by atoms with Crippen LogP contribution in [0.25, 0.3) is 0 Å². The molecule has 0 saturated carbocycles. The molecule has 118 valence electrons.